The summed E-state index contributed by atoms with van der Waals surface area (Å²) in [5.41, 5.74) is 1.65. The highest BCUT2D eigenvalue weighted by atomic mass is 16.5. The zero-order chi connectivity index (χ0) is 13.9. The SMILES string of the molecule is CCOC1CC(NC(C)Cc2ccccc2)C1(C)C. The molecule has 0 bridgehead atoms. The fourth-order valence-electron chi connectivity index (χ4n) is 3.02. The first kappa shape index (κ1) is 14.5. The molecule has 0 aliphatic heterocycles. The number of rotatable bonds is 6. The van der Waals surface area contributed by atoms with E-state index >= 15 is 0 Å². The van der Waals surface area contributed by atoms with Gasteiger partial charge in [0.2, 0.25) is 0 Å². The standard InChI is InChI=1S/C17H27NO/c1-5-19-16-12-15(17(16,3)4)18-13(2)11-14-9-7-6-8-10-14/h6-10,13,15-16,18H,5,11-12H2,1-4H3. The lowest BCUT2D eigenvalue weighted by atomic mass is 9.64. The molecule has 0 radical (unpaired) electrons. The Morgan fingerprint density at radius 2 is 2.00 bits per heavy atom. The van der Waals surface area contributed by atoms with E-state index in [-0.39, 0.29) is 5.41 Å². The molecule has 0 amide bonds. The minimum absolute atomic E-state index is 0.251. The second-order valence-electron chi connectivity index (χ2n) is 6.31. The summed E-state index contributed by atoms with van der Waals surface area (Å²) in [6.07, 6.45) is 2.64. The molecule has 1 aliphatic carbocycles. The Labute approximate surface area is 117 Å². The fourth-order valence-corrected chi connectivity index (χ4v) is 3.02. The van der Waals surface area contributed by atoms with Crippen molar-refractivity contribution in [1.29, 1.82) is 0 Å². The summed E-state index contributed by atoms with van der Waals surface area (Å²) >= 11 is 0. The predicted octanol–water partition coefficient (Wildman–Crippen LogP) is 3.41. The normalized spacial score (nSPS) is 26.7. The summed E-state index contributed by atoms with van der Waals surface area (Å²) in [4.78, 5) is 0. The molecular formula is C17H27NO. The Hall–Kier alpha value is -0.860. The summed E-state index contributed by atoms with van der Waals surface area (Å²) in [6, 6.07) is 11.8. The molecule has 1 fully saturated rings. The zero-order valence-electron chi connectivity index (χ0n) is 12.6. The van der Waals surface area contributed by atoms with Crippen molar-refractivity contribution in [2.45, 2.75) is 58.7 Å². The van der Waals surface area contributed by atoms with E-state index in [1.54, 1.807) is 0 Å². The third-order valence-electron chi connectivity index (χ3n) is 4.42. The second-order valence-corrected chi connectivity index (χ2v) is 6.31. The minimum atomic E-state index is 0.251. The van der Waals surface area contributed by atoms with Gasteiger partial charge in [-0.2, -0.15) is 0 Å². The maximum Gasteiger partial charge on any atom is 0.0655 e. The number of ether oxygens (including phenoxy) is 1. The smallest absolute Gasteiger partial charge is 0.0655 e. The Kier molecular flexibility index (Phi) is 4.64. The van der Waals surface area contributed by atoms with E-state index < -0.39 is 0 Å². The van der Waals surface area contributed by atoms with E-state index in [4.69, 9.17) is 4.74 Å². The fraction of sp³-hybridized carbons (Fsp3) is 0.647. The monoisotopic (exact) mass is 261 g/mol. The highest BCUT2D eigenvalue weighted by molar-refractivity contribution is 5.16. The molecule has 3 atom stereocenters. The van der Waals surface area contributed by atoms with Gasteiger partial charge in [-0.05, 0) is 32.3 Å². The van der Waals surface area contributed by atoms with Crippen LogP contribution in [-0.4, -0.2) is 24.8 Å². The van der Waals surface area contributed by atoms with Gasteiger partial charge in [-0.3, -0.25) is 0 Å². The quantitative estimate of drug-likeness (QED) is 0.847. The van der Waals surface area contributed by atoms with Crippen LogP contribution >= 0.6 is 0 Å². The molecule has 3 unspecified atom stereocenters. The lowest BCUT2D eigenvalue weighted by Crippen LogP contribution is -2.62. The first-order valence-electron chi connectivity index (χ1n) is 7.45. The molecule has 1 aromatic carbocycles. The predicted molar refractivity (Wildman–Crippen MR) is 80.3 cm³/mol. The van der Waals surface area contributed by atoms with Gasteiger partial charge in [0.15, 0.2) is 0 Å². The van der Waals surface area contributed by atoms with Gasteiger partial charge in [0.1, 0.15) is 0 Å². The van der Waals surface area contributed by atoms with Crippen LogP contribution in [-0.2, 0) is 11.2 Å². The summed E-state index contributed by atoms with van der Waals surface area (Å²) in [5.74, 6) is 0. The first-order valence-corrected chi connectivity index (χ1v) is 7.45. The molecule has 1 aromatic rings. The van der Waals surface area contributed by atoms with Crippen molar-refractivity contribution < 1.29 is 4.74 Å². The van der Waals surface area contributed by atoms with E-state index in [2.05, 4.69) is 63.3 Å². The molecule has 2 rings (SSSR count). The van der Waals surface area contributed by atoms with Gasteiger partial charge in [0.05, 0.1) is 6.10 Å². The van der Waals surface area contributed by atoms with Gasteiger partial charge in [0.25, 0.3) is 0 Å². The van der Waals surface area contributed by atoms with Gasteiger partial charge in [0, 0.05) is 24.1 Å². The van der Waals surface area contributed by atoms with Crippen molar-refractivity contribution >= 4 is 0 Å². The Morgan fingerprint density at radius 1 is 1.32 bits per heavy atom. The summed E-state index contributed by atoms with van der Waals surface area (Å²) in [6.45, 7) is 9.79. The van der Waals surface area contributed by atoms with Gasteiger partial charge in [-0.15, -0.1) is 0 Å². The Balaban J connectivity index is 1.82. The molecule has 1 saturated carbocycles. The molecular weight excluding hydrogens is 234 g/mol. The van der Waals surface area contributed by atoms with Crippen LogP contribution < -0.4 is 5.32 Å². The van der Waals surface area contributed by atoms with Crippen molar-refractivity contribution in [3.63, 3.8) is 0 Å². The number of hydrogen-bond donors (Lipinski definition) is 1. The largest absolute Gasteiger partial charge is 0.378 e. The van der Waals surface area contributed by atoms with Crippen LogP contribution in [0.5, 0.6) is 0 Å². The van der Waals surface area contributed by atoms with Crippen LogP contribution in [0.4, 0.5) is 0 Å². The number of nitrogens with one attached hydrogen (secondary N) is 1. The van der Waals surface area contributed by atoms with Crippen LogP contribution in [0.25, 0.3) is 0 Å². The first-order chi connectivity index (χ1) is 9.04. The van der Waals surface area contributed by atoms with E-state index in [9.17, 15) is 0 Å². The van der Waals surface area contributed by atoms with Crippen molar-refractivity contribution in [3.8, 4) is 0 Å². The highest BCUT2D eigenvalue weighted by Crippen LogP contribution is 2.42. The topological polar surface area (TPSA) is 21.3 Å². The molecule has 2 nitrogen and oxygen atoms in total. The molecule has 0 heterocycles. The zero-order valence-corrected chi connectivity index (χ0v) is 12.6. The molecule has 19 heavy (non-hydrogen) atoms. The summed E-state index contributed by atoms with van der Waals surface area (Å²) in [7, 11) is 0. The average Bonchev–Trinajstić information content (AvgIpc) is 2.39. The van der Waals surface area contributed by atoms with E-state index in [0.29, 0.717) is 18.2 Å². The lowest BCUT2D eigenvalue weighted by Gasteiger charge is -2.52. The number of hydrogen-bond acceptors (Lipinski definition) is 2. The van der Waals surface area contributed by atoms with Gasteiger partial charge in [-0.1, -0.05) is 44.2 Å². The molecule has 1 aliphatic rings. The third-order valence-corrected chi connectivity index (χ3v) is 4.42. The second kappa shape index (κ2) is 6.06. The maximum atomic E-state index is 5.78. The summed E-state index contributed by atoms with van der Waals surface area (Å²) in [5, 5.41) is 3.76. The van der Waals surface area contributed by atoms with Crippen molar-refractivity contribution in [2.24, 2.45) is 5.41 Å². The van der Waals surface area contributed by atoms with Gasteiger partial charge < -0.3 is 10.1 Å². The van der Waals surface area contributed by atoms with Crippen molar-refractivity contribution in [2.75, 3.05) is 6.61 Å². The van der Waals surface area contributed by atoms with Gasteiger partial charge >= 0.3 is 0 Å². The van der Waals surface area contributed by atoms with Gasteiger partial charge in [-0.25, -0.2) is 0 Å². The van der Waals surface area contributed by atoms with Crippen molar-refractivity contribution in [1.82, 2.24) is 5.32 Å². The van der Waals surface area contributed by atoms with E-state index in [1.165, 1.54) is 5.56 Å². The van der Waals surface area contributed by atoms with Crippen LogP contribution in [0.1, 0.15) is 39.7 Å². The van der Waals surface area contributed by atoms with E-state index in [1.807, 2.05) is 0 Å². The Bertz CT molecular complexity index is 388. The minimum Gasteiger partial charge on any atom is -0.378 e. The molecule has 0 saturated heterocycles. The molecule has 106 valence electrons. The maximum absolute atomic E-state index is 5.78. The van der Waals surface area contributed by atoms with Crippen LogP contribution in [0.2, 0.25) is 0 Å². The summed E-state index contributed by atoms with van der Waals surface area (Å²) < 4.78 is 5.78. The Morgan fingerprint density at radius 3 is 2.58 bits per heavy atom. The highest BCUT2D eigenvalue weighted by Gasteiger charge is 2.48. The molecule has 0 spiro atoms. The van der Waals surface area contributed by atoms with E-state index in [0.717, 1.165) is 19.4 Å². The van der Waals surface area contributed by atoms with Crippen molar-refractivity contribution in [3.05, 3.63) is 35.9 Å². The lowest BCUT2D eigenvalue weighted by molar-refractivity contribution is -0.116. The van der Waals surface area contributed by atoms with Crippen LogP contribution in [0.15, 0.2) is 30.3 Å². The van der Waals surface area contributed by atoms with Crippen LogP contribution in [0.3, 0.4) is 0 Å². The third kappa shape index (κ3) is 3.37. The molecule has 0 aromatic heterocycles. The molecule has 2 heteroatoms. The number of benzene rings is 1. The van der Waals surface area contributed by atoms with Crippen LogP contribution in [0, 0.1) is 5.41 Å². The average molecular weight is 261 g/mol. The molecule has 1 N–H and O–H groups in total.